The van der Waals surface area contributed by atoms with Gasteiger partial charge in [-0.2, -0.15) is 0 Å². The summed E-state index contributed by atoms with van der Waals surface area (Å²) in [6.45, 7) is 7.93. The highest BCUT2D eigenvalue weighted by Crippen LogP contribution is 2.19. The molecule has 28 heavy (non-hydrogen) atoms. The van der Waals surface area contributed by atoms with Crippen LogP contribution in [0.2, 0.25) is 0 Å². The third-order valence-electron chi connectivity index (χ3n) is 4.83. The van der Waals surface area contributed by atoms with Crippen LogP contribution in [0.15, 0.2) is 9.80 Å². The second-order valence-corrected chi connectivity index (χ2v) is 7.79. The topological polar surface area (TPSA) is 97.3 Å². The molecule has 0 aromatic carbocycles. The van der Waals surface area contributed by atoms with Gasteiger partial charge in [0.25, 0.3) is 5.91 Å². The van der Waals surface area contributed by atoms with Crippen LogP contribution in [0.25, 0.3) is 0 Å². The maximum absolute atomic E-state index is 12.2. The number of piperidine rings is 1. The molecule has 2 aromatic heterocycles. The van der Waals surface area contributed by atoms with E-state index < -0.39 is 0 Å². The Morgan fingerprint density at radius 3 is 2.64 bits per heavy atom. The summed E-state index contributed by atoms with van der Waals surface area (Å²) in [5.41, 5.74) is 6.99. The third-order valence-corrected chi connectivity index (χ3v) is 5.74. The van der Waals surface area contributed by atoms with E-state index in [2.05, 4.69) is 20.2 Å². The second kappa shape index (κ2) is 11.7. The Bertz CT molecular complexity index is 725. The SMILES string of the molecule is Cc1nc(CN2CCC(CNC(=O)c3csc(CCN)n3)CC2)oc1C.Cl.Cl. The molecular formula is C18H29Cl2N5O2S. The van der Waals surface area contributed by atoms with Crippen molar-refractivity contribution in [1.82, 2.24) is 20.2 Å². The Morgan fingerprint density at radius 2 is 2.04 bits per heavy atom. The molecule has 7 nitrogen and oxygen atoms in total. The fraction of sp³-hybridized carbons (Fsp3) is 0.611. The highest BCUT2D eigenvalue weighted by atomic mass is 35.5. The van der Waals surface area contributed by atoms with Gasteiger partial charge in [-0.3, -0.25) is 9.69 Å². The van der Waals surface area contributed by atoms with Crippen molar-refractivity contribution in [3.05, 3.63) is 33.4 Å². The van der Waals surface area contributed by atoms with Gasteiger partial charge in [0.1, 0.15) is 11.5 Å². The number of halogens is 2. The number of aromatic nitrogens is 2. The first-order chi connectivity index (χ1) is 12.5. The van der Waals surface area contributed by atoms with E-state index in [4.69, 9.17) is 10.2 Å². The van der Waals surface area contributed by atoms with E-state index in [0.717, 1.165) is 61.2 Å². The lowest BCUT2D eigenvalue weighted by Gasteiger charge is -2.31. The van der Waals surface area contributed by atoms with Crippen molar-refractivity contribution in [3.8, 4) is 0 Å². The Labute approximate surface area is 182 Å². The maximum atomic E-state index is 12.2. The minimum atomic E-state index is -0.0855. The highest BCUT2D eigenvalue weighted by molar-refractivity contribution is 7.09. The van der Waals surface area contributed by atoms with E-state index in [-0.39, 0.29) is 30.7 Å². The minimum Gasteiger partial charge on any atom is -0.444 e. The van der Waals surface area contributed by atoms with E-state index in [1.165, 1.54) is 11.3 Å². The maximum Gasteiger partial charge on any atom is 0.270 e. The fourth-order valence-corrected chi connectivity index (χ4v) is 3.92. The molecule has 3 N–H and O–H groups in total. The summed E-state index contributed by atoms with van der Waals surface area (Å²) in [5.74, 6) is 2.11. The summed E-state index contributed by atoms with van der Waals surface area (Å²) in [6.07, 6.45) is 2.85. The third kappa shape index (κ3) is 6.70. The molecule has 10 heteroatoms. The zero-order chi connectivity index (χ0) is 18.5. The summed E-state index contributed by atoms with van der Waals surface area (Å²) < 4.78 is 5.67. The lowest BCUT2D eigenvalue weighted by atomic mass is 9.97. The predicted octanol–water partition coefficient (Wildman–Crippen LogP) is 2.73. The first-order valence-corrected chi connectivity index (χ1v) is 10.0. The average molecular weight is 450 g/mol. The number of nitrogens with zero attached hydrogens (tertiary/aromatic N) is 3. The zero-order valence-corrected chi connectivity index (χ0v) is 18.7. The van der Waals surface area contributed by atoms with Crippen molar-refractivity contribution in [2.45, 2.75) is 39.7 Å². The molecule has 1 saturated heterocycles. The molecule has 0 radical (unpaired) electrons. The smallest absolute Gasteiger partial charge is 0.270 e. The monoisotopic (exact) mass is 449 g/mol. The number of nitrogens with two attached hydrogens (primary N) is 1. The number of hydrogen-bond donors (Lipinski definition) is 2. The predicted molar refractivity (Wildman–Crippen MR) is 116 cm³/mol. The summed E-state index contributed by atoms with van der Waals surface area (Å²) in [4.78, 5) is 23.4. The molecule has 0 bridgehead atoms. The lowest BCUT2D eigenvalue weighted by molar-refractivity contribution is 0.0929. The molecule has 1 aliphatic heterocycles. The zero-order valence-electron chi connectivity index (χ0n) is 16.3. The number of nitrogens with one attached hydrogen (secondary N) is 1. The van der Waals surface area contributed by atoms with Gasteiger partial charge >= 0.3 is 0 Å². The van der Waals surface area contributed by atoms with E-state index in [1.54, 1.807) is 0 Å². The van der Waals surface area contributed by atoms with Gasteiger partial charge in [0.05, 0.1) is 17.2 Å². The molecule has 2 aromatic rings. The normalized spacial score (nSPS) is 15.0. The first kappa shape index (κ1) is 24.8. The van der Waals surface area contributed by atoms with E-state index in [9.17, 15) is 4.79 Å². The number of carbonyl (C=O) groups is 1. The Hall–Kier alpha value is -1.19. The molecule has 1 fully saturated rings. The second-order valence-electron chi connectivity index (χ2n) is 6.84. The number of rotatable bonds is 7. The first-order valence-electron chi connectivity index (χ1n) is 9.13. The molecule has 1 amide bonds. The number of carbonyl (C=O) groups excluding carboxylic acids is 1. The van der Waals surface area contributed by atoms with E-state index >= 15 is 0 Å². The quantitative estimate of drug-likeness (QED) is 0.673. The molecule has 158 valence electrons. The van der Waals surface area contributed by atoms with Crippen LogP contribution in [0, 0.1) is 19.8 Å². The molecule has 0 atom stereocenters. The molecule has 0 unspecified atom stereocenters. The van der Waals surface area contributed by atoms with Gasteiger partial charge in [0.15, 0.2) is 0 Å². The average Bonchev–Trinajstić information content (AvgIpc) is 3.21. The van der Waals surface area contributed by atoms with Gasteiger partial charge in [0.2, 0.25) is 5.89 Å². The molecule has 0 spiro atoms. The van der Waals surface area contributed by atoms with E-state index in [1.807, 2.05) is 19.2 Å². The van der Waals surface area contributed by atoms with Gasteiger partial charge in [-0.25, -0.2) is 9.97 Å². The van der Waals surface area contributed by atoms with Gasteiger partial charge in [-0.1, -0.05) is 0 Å². The Morgan fingerprint density at radius 1 is 1.32 bits per heavy atom. The minimum absolute atomic E-state index is 0. The molecule has 3 heterocycles. The molecule has 3 rings (SSSR count). The van der Waals surface area contributed by atoms with Crippen LogP contribution in [0.1, 0.15) is 45.7 Å². The van der Waals surface area contributed by atoms with Crippen LogP contribution in [0.4, 0.5) is 0 Å². The number of amides is 1. The van der Waals surface area contributed by atoms with Crippen LogP contribution in [-0.4, -0.2) is 47.0 Å². The highest BCUT2D eigenvalue weighted by Gasteiger charge is 2.22. The van der Waals surface area contributed by atoms with Gasteiger partial charge < -0.3 is 15.5 Å². The summed E-state index contributed by atoms with van der Waals surface area (Å²) in [5, 5.41) is 5.75. The Kier molecular flexibility index (Phi) is 10.4. The van der Waals surface area contributed by atoms with Crippen LogP contribution >= 0.6 is 36.2 Å². The number of hydrogen-bond acceptors (Lipinski definition) is 7. The van der Waals surface area contributed by atoms with Crippen LogP contribution in [-0.2, 0) is 13.0 Å². The van der Waals surface area contributed by atoms with E-state index in [0.29, 0.717) is 24.7 Å². The van der Waals surface area contributed by atoms with Gasteiger partial charge in [-0.05, 0) is 52.2 Å². The van der Waals surface area contributed by atoms with Crippen molar-refractivity contribution in [3.63, 3.8) is 0 Å². The van der Waals surface area contributed by atoms with Crippen molar-refractivity contribution in [2.24, 2.45) is 11.7 Å². The summed E-state index contributed by atoms with van der Waals surface area (Å²) in [6, 6.07) is 0. The van der Waals surface area contributed by atoms with Crippen molar-refractivity contribution in [1.29, 1.82) is 0 Å². The largest absolute Gasteiger partial charge is 0.444 e. The lowest BCUT2D eigenvalue weighted by Crippen LogP contribution is -2.38. The van der Waals surface area contributed by atoms with Crippen molar-refractivity contribution >= 4 is 42.1 Å². The number of aryl methyl sites for hydroxylation is 2. The van der Waals surface area contributed by atoms with Crippen molar-refractivity contribution < 1.29 is 9.21 Å². The molecular weight excluding hydrogens is 421 g/mol. The summed E-state index contributed by atoms with van der Waals surface area (Å²) >= 11 is 1.49. The molecule has 1 aliphatic rings. The summed E-state index contributed by atoms with van der Waals surface area (Å²) in [7, 11) is 0. The number of thiazole rings is 1. The molecule has 0 aliphatic carbocycles. The molecule has 0 saturated carbocycles. The Balaban J connectivity index is 0.00000196. The van der Waals surface area contributed by atoms with Crippen LogP contribution in [0.3, 0.4) is 0 Å². The van der Waals surface area contributed by atoms with Gasteiger partial charge in [-0.15, -0.1) is 36.2 Å². The standard InChI is InChI=1S/C18H27N5O2S.2ClH/c1-12-13(2)25-16(21-12)10-23-7-4-14(5-8-23)9-20-18(24)15-11-26-17(22-15)3-6-19;;/h11,14H,3-10,19H2,1-2H3,(H,20,24);2*1H. The van der Waals surface area contributed by atoms with Gasteiger partial charge in [0, 0.05) is 18.3 Å². The number of oxazole rings is 1. The van der Waals surface area contributed by atoms with Crippen LogP contribution < -0.4 is 11.1 Å². The number of likely N-dealkylation sites (tertiary alicyclic amines) is 1. The van der Waals surface area contributed by atoms with Crippen molar-refractivity contribution in [2.75, 3.05) is 26.2 Å². The fourth-order valence-electron chi connectivity index (χ4n) is 3.13. The van der Waals surface area contributed by atoms with Crippen LogP contribution in [0.5, 0.6) is 0 Å².